The molecule has 0 aliphatic heterocycles. The van der Waals surface area contributed by atoms with Gasteiger partial charge in [-0.05, 0) is 13.3 Å². The lowest BCUT2D eigenvalue weighted by Crippen LogP contribution is -2.31. The van der Waals surface area contributed by atoms with Crippen LogP contribution in [0.1, 0.15) is 52.4 Å². The van der Waals surface area contributed by atoms with Gasteiger partial charge >= 0.3 is 5.97 Å². The number of carboxylic acids is 1. The Morgan fingerprint density at radius 1 is 1.29 bits per heavy atom. The highest BCUT2D eigenvalue weighted by Crippen LogP contribution is 2.06. The third-order valence-corrected chi connectivity index (χ3v) is 2.34. The van der Waals surface area contributed by atoms with Gasteiger partial charge in [0.15, 0.2) is 0 Å². The van der Waals surface area contributed by atoms with E-state index in [1.54, 1.807) is 0 Å². The predicted molar refractivity (Wildman–Crippen MR) is 58.5 cm³/mol. The first-order valence-corrected chi connectivity index (χ1v) is 5.62. The van der Waals surface area contributed by atoms with Crippen molar-refractivity contribution in [3.8, 4) is 0 Å². The third-order valence-electron chi connectivity index (χ3n) is 2.34. The first kappa shape index (κ1) is 13.4. The van der Waals surface area contributed by atoms with Gasteiger partial charge in [0.25, 0.3) is 0 Å². The number of hydrogen-bond donors (Lipinski definition) is 2. The molecule has 0 aromatic carbocycles. The Labute approximate surface area is 86.9 Å². The highest BCUT2D eigenvalue weighted by atomic mass is 16.4. The Bertz CT molecular complexity index is 148. The molecule has 14 heavy (non-hydrogen) atoms. The largest absolute Gasteiger partial charge is 0.480 e. The van der Waals surface area contributed by atoms with Crippen LogP contribution < -0.4 is 5.32 Å². The molecule has 0 spiro atoms. The predicted octanol–water partition coefficient (Wildman–Crippen LogP) is 2.41. The lowest BCUT2D eigenvalue weighted by molar-refractivity contribution is -0.136. The van der Waals surface area contributed by atoms with E-state index in [0.29, 0.717) is 6.04 Å². The van der Waals surface area contributed by atoms with Crippen molar-refractivity contribution in [2.24, 2.45) is 0 Å². The lowest BCUT2D eigenvalue weighted by atomic mass is 10.1. The van der Waals surface area contributed by atoms with E-state index in [4.69, 9.17) is 5.11 Å². The van der Waals surface area contributed by atoms with Gasteiger partial charge in [-0.25, -0.2) is 0 Å². The summed E-state index contributed by atoms with van der Waals surface area (Å²) in [5, 5.41) is 11.4. The van der Waals surface area contributed by atoms with Crippen LogP contribution >= 0.6 is 0 Å². The van der Waals surface area contributed by atoms with Gasteiger partial charge in [-0.2, -0.15) is 0 Å². The number of aliphatic carboxylic acids is 1. The smallest absolute Gasteiger partial charge is 0.317 e. The van der Waals surface area contributed by atoms with Crippen molar-refractivity contribution in [1.29, 1.82) is 0 Å². The molecule has 0 aliphatic rings. The monoisotopic (exact) mass is 201 g/mol. The molecule has 0 bridgehead atoms. The molecule has 0 amide bonds. The second-order valence-corrected chi connectivity index (χ2v) is 3.88. The topological polar surface area (TPSA) is 49.3 Å². The number of nitrogens with one attached hydrogen (secondary N) is 1. The van der Waals surface area contributed by atoms with Gasteiger partial charge in [0.1, 0.15) is 0 Å². The molecule has 0 radical (unpaired) electrons. The van der Waals surface area contributed by atoms with Crippen LogP contribution in [0.15, 0.2) is 0 Å². The molecule has 0 aliphatic carbocycles. The van der Waals surface area contributed by atoms with Gasteiger partial charge in [0.05, 0.1) is 6.54 Å². The molecule has 0 fully saturated rings. The molecule has 1 atom stereocenters. The molecule has 2 N–H and O–H groups in total. The molecule has 0 rings (SSSR count). The minimum atomic E-state index is -0.775. The fourth-order valence-corrected chi connectivity index (χ4v) is 1.42. The third kappa shape index (κ3) is 9.52. The first-order valence-electron chi connectivity index (χ1n) is 5.62. The van der Waals surface area contributed by atoms with Gasteiger partial charge in [-0.15, -0.1) is 0 Å². The highest BCUT2D eigenvalue weighted by Gasteiger charge is 2.02. The van der Waals surface area contributed by atoms with Crippen LogP contribution in [0.3, 0.4) is 0 Å². The van der Waals surface area contributed by atoms with Crippen molar-refractivity contribution in [1.82, 2.24) is 5.32 Å². The Hall–Kier alpha value is -0.570. The minimum absolute atomic E-state index is 0.0795. The van der Waals surface area contributed by atoms with E-state index in [2.05, 4.69) is 12.2 Å². The van der Waals surface area contributed by atoms with Crippen LogP contribution in [0.4, 0.5) is 0 Å². The van der Waals surface area contributed by atoms with E-state index < -0.39 is 5.97 Å². The SMILES string of the molecule is CCCCCCCC(C)NCC(=O)O. The highest BCUT2D eigenvalue weighted by molar-refractivity contribution is 5.69. The molecule has 3 heteroatoms. The molecular weight excluding hydrogens is 178 g/mol. The Balaban J connectivity index is 3.18. The van der Waals surface area contributed by atoms with Crippen molar-refractivity contribution in [3.05, 3.63) is 0 Å². The second-order valence-electron chi connectivity index (χ2n) is 3.88. The molecule has 0 aromatic rings. The van der Waals surface area contributed by atoms with Crippen molar-refractivity contribution in [3.63, 3.8) is 0 Å². The number of rotatable bonds is 9. The minimum Gasteiger partial charge on any atom is -0.480 e. The summed E-state index contributed by atoms with van der Waals surface area (Å²) in [7, 11) is 0. The van der Waals surface area contributed by atoms with E-state index in [-0.39, 0.29) is 6.54 Å². The molecule has 0 heterocycles. The zero-order chi connectivity index (χ0) is 10.8. The first-order chi connectivity index (χ1) is 6.66. The van der Waals surface area contributed by atoms with Crippen molar-refractivity contribution in [2.75, 3.05) is 6.54 Å². The number of hydrogen-bond acceptors (Lipinski definition) is 2. The summed E-state index contributed by atoms with van der Waals surface area (Å²) in [6.45, 7) is 4.33. The lowest BCUT2D eigenvalue weighted by Gasteiger charge is -2.11. The van der Waals surface area contributed by atoms with Crippen LogP contribution in [0.25, 0.3) is 0 Å². The van der Waals surface area contributed by atoms with Gasteiger partial charge < -0.3 is 10.4 Å². The fraction of sp³-hybridized carbons (Fsp3) is 0.909. The van der Waals surface area contributed by atoms with E-state index in [0.717, 1.165) is 6.42 Å². The average Bonchev–Trinajstić information content (AvgIpc) is 2.14. The molecule has 0 saturated carbocycles. The average molecular weight is 201 g/mol. The molecule has 0 saturated heterocycles. The Morgan fingerprint density at radius 3 is 2.50 bits per heavy atom. The summed E-state index contributed by atoms with van der Waals surface area (Å²) in [4.78, 5) is 10.3. The zero-order valence-corrected chi connectivity index (χ0v) is 9.38. The van der Waals surface area contributed by atoms with Crippen molar-refractivity contribution >= 4 is 5.97 Å². The summed E-state index contributed by atoms with van der Waals surface area (Å²) >= 11 is 0. The van der Waals surface area contributed by atoms with Gasteiger partial charge in [-0.3, -0.25) is 4.79 Å². The Morgan fingerprint density at radius 2 is 1.93 bits per heavy atom. The maximum absolute atomic E-state index is 10.3. The van der Waals surface area contributed by atoms with Crippen LogP contribution in [0.2, 0.25) is 0 Å². The van der Waals surface area contributed by atoms with Crippen LogP contribution in [-0.4, -0.2) is 23.7 Å². The summed E-state index contributed by atoms with van der Waals surface area (Å²) in [5.41, 5.74) is 0. The van der Waals surface area contributed by atoms with Crippen LogP contribution in [0, 0.1) is 0 Å². The van der Waals surface area contributed by atoms with Gasteiger partial charge in [0, 0.05) is 6.04 Å². The quantitative estimate of drug-likeness (QED) is 0.563. The number of unbranched alkanes of at least 4 members (excludes halogenated alkanes) is 4. The van der Waals surface area contributed by atoms with Crippen LogP contribution in [-0.2, 0) is 4.79 Å². The normalized spacial score (nSPS) is 12.7. The molecular formula is C11H23NO2. The van der Waals surface area contributed by atoms with Gasteiger partial charge in [0.2, 0.25) is 0 Å². The molecule has 0 aromatic heterocycles. The standard InChI is InChI=1S/C11H23NO2/c1-3-4-5-6-7-8-10(2)12-9-11(13)14/h10,12H,3-9H2,1-2H3,(H,13,14). The molecule has 84 valence electrons. The summed E-state index contributed by atoms with van der Waals surface area (Å²) in [6, 6.07) is 0.327. The van der Waals surface area contributed by atoms with Gasteiger partial charge in [-0.1, -0.05) is 39.0 Å². The van der Waals surface area contributed by atoms with E-state index in [1.165, 1.54) is 32.1 Å². The summed E-state index contributed by atoms with van der Waals surface area (Å²) < 4.78 is 0. The van der Waals surface area contributed by atoms with Crippen LogP contribution in [0.5, 0.6) is 0 Å². The van der Waals surface area contributed by atoms with E-state index >= 15 is 0 Å². The zero-order valence-electron chi connectivity index (χ0n) is 9.38. The number of carbonyl (C=O) groups is 1. The van der Waals surface area contributed by atoms with Crippen molar-refractivity contribution in [2.45, 2.75) is 58.4 Å². The summed E-state index contributed by atoms with van der Waals surface area (Å²) in [5.74, 6) is -0.775. The second kappa shape index (κ2) is 9.00. The molecule has 1 unspecified atom stereocenters. The Kier molecular flexibility index (Phi) is 8.64. The van der Waals surface area contributed by atoms with E-state index in [9.17, 15) is 4.79 Å². The number of carboxylic acid groups (broad SMARTS) is 1. The molecule has 3 nitrogen and oxygen atoms in total. The van der Waals surface area contributed by atoms with Crippen molar-refractivity contribution < 1.29 is 9.90 Å². The fourth-order valence-electron chi connectivity index (χ4n) is 1.42. The van der Waals surface area contributed by atoms with E-state index in [1.807, 2.05) is 6.92 Å². The maximum Gasteiger partial charge on any atom is 0.317 e. The maximum atomic E-state index is 10.3. The summed E-state index contributed by atoms with van der Waals surface area (Å²) in [6.07, 6.45) is 7.45.